The van der Waals surface area contributed by atoms with Crippen LogP contribution in [0.25, 0.3) is 0 Å². The highest BCUT2D eigenvalue weighted by molar-refractivity contribution is 4.97. The summed E-state index contributed by atoms with van der Waals surface area (Å²) < 4.78 is 2.20. The molecule has 90 valence electrons. The Morgan fingerprint density at radius 1 is 1.50 bits per heavy atom. The van der Waals surface area contributed by atoms with Gasteiger partial charge in [-0.15, -0.1) is 0 Å². The van der Waals surface area contributed by atoms with Crippen LogP contribution in [0.15, 0.2) is 12.4 Å². The first-order valence-corrected chi connectivity index (χ1v) is 6.32. The maximum atomic E-state index is 4.22. The topological polar surface area (TPSA) is 29.9 Å². The Kier molecular flexibility index (Phi) is 3.33. The van der Waals surface area contributed by atoms with Crippen molar-refractivity contribution < 1.29 is 0 Å². The molecule has 1 saturated carbocycles. The van der Waals surface area contributed by atoms with Gasteiger partial charge in [-0.2, -0.15) is 0 Å². The minimum absolute atomic E-state index is 0.615. The van der Waals surface area contributed by atoms with Crippen molar-refractivity contribution in [1.29, 1.82) is 0 Å². The number of hydrogen-bond donors (Lipinski definition) is 1. The van der Waals surface area contributed by atoms with Gasteiger partial charge in [0.25, 0.3) is 0 Å². The van der Waals surface area contributed by atoms with E-state index in [-0.39, 0.29) is 0 Å². The second-order valence-corrected chi connectivity index (χ2v) is 5.36. The predicted octanol–water partition coefficient (Wildman–Crippen LogP) is 2.22. The second kappa shape index (κ2) is 4.58. The number of aryl methyl sites for hydroxylation is 1. The van der Waals surface area contributed by atoms with Crippen molar-refractivity contribution in [2.75, 3.05) is 13.1 Å². The SMILES string of the molecule is Cc1nccn1CCNCC1(C(C)C)CC1. The Morgan fingerprint density at radius 3 is 2.75 bits per heavy atom. The summed E-state index contributed by atoms with van der Waals surface area (Å²) in [6.45, 7) is 9.99. The van der Waals surface area contributed by atoms with Crippen LogP contribution in [0.3, 0.4) is 0 Å². The van der Waals surface area contributed by atoms with E-state index in [1.807, 2.05) is 12.4 Å². The van der Waals surface area contributed by atoms with Crippen molar-refractivity contribution >= 4 is 0 Å². The molecule has 1 aliphatic rings. The zero-order chi connectivity index (χ0) is 11.6. The molecular formula is C13H23N3. The Balaban J connectivity index is 1.68. The van der Waals surface area contributed by atoms with Gasteiger partial charge in [-0.3, -0.25) is 0 Å². The third-order valence-corrected chi connectivity index (χ3v) is 4.05. The van der Waals surface area contributed by atoms with Crippen LogP contribution in [-0.4, -0.2) is 22.6 Å². The van der Waals surface area contributed by atoms with Crippen LogP contribution >= 0.6 is 0 Å². The van der Waals surface area contributed by atoms with E-state index in [0.29, 0.717) is 5.41 Å². The lowest BCUT2D eigenvalue weighted by atomic mass is 9.92. The second-order valence-electron chi connectivity index (χ2n) is 5.36. The van der Waals surface area contributed by atoms with Crippen molar-refractivity contribution in [1.82, 2.24) is 14.9 Å². The lowest BCUT2D eigenvalue weighted by molar-refractivity contribution is 0.336. The van der Waals surface area contributed by atoms with Gasteiger partial charge in [-0.1, -0.05) is 13.8 Å². The molecule has 0 unspecified atom stereocenters. The molecule has 1 heterocycles. The first kappa shape index (κ1) is 11.6. The molecule has 0 bridgehead atoms. The van der Waals surface area contributed by atoms with Gasteiger partial charge in [0, 0.05) is 32.0 Å². The Morgan fingerprint density at radius 2 is 2.25 bits per heavy atom. The third-order valence-electron chi connectivity index (χ3n) is 4.05. The fourth-order valence-corrected chi connectivity index (χ4v) is 2.30. The van der Waals surface area contributed by atoms with Crippen molar-refractivity contribution in [2.24, 2.45) is 11.3 Å². The molecule has 0 saturated heterocycles. The van der Waals surface area contributed by atoms with Crippen LogP contribution in [0.4, 0.5) is 0 Å². The standard InChI is InChI=1S/C13H23N3/c1-11(2)13(4-5-13)10-14-6-8-16-9-7-15-12(16)3/h7,9,11,14H,4-6,8,10H2,1-3H3. The Hall–Kier alpha value is -0.830. The highest BCUT2D eigenvalue weighted by Gasteiger charge is 2.44. The lowest BCUT2D eigenvalue weighted by Gasteiger charge is -2.20. The zero-order valence-corrected chi connectivity index (χ0v) is 10.7. The highest BCUT2D eigenvalue weighted by Crippen LogP contribution is 2.51. The van der Waals surface area contributed by atoms with Crippen LogP contribution in [0.2, 0.25) is 0 Å². The average Bonchev–Trinajstić information content (AvgIpc) is 2.93. The van der Waals surface area contributed by atoms with Gasteiger partial charge in [0.05, 0.1) is 0 Å². The summed E-state index contributed by atoms with van der Waals surface area (Å²) in [5, 5.41) is 3.59. The molecule has 0 atom stereocenters. The molecule has 0 aliphatic heterocycles. The molecule has 16 heavy (non-hydrogen) atoms. The first-order valence-electron chi connectivity index (χ1n) is 6.32. The normalized spacial score (nSPS) is 18.0. The molecule has 2 rings (SSSR count). The van der Waals surface area contributed by atoms with E-state index in [1.54, 1.807) is 0 Å². The molecule has 0 aromatic carbocycles. The zero-order valence-electron chi connectivity index (χ0n) is 10.7. The Bertz CT molecular complexity index is 337. The molecule has 1 N–H and O–H groups in total. The Labute approximate surface area is 98.3 Å². The third kappa shape index (κ3) is 2.46. The molecule has 0 amide bonds. The van der Waals surface area contributed by atoms with E-state index < -0.39 is 0 Å². The minimum Gasteiger partial charge on any atom is -0.334 e. The predicted molar refractivity (Wildman–Crippen MR) is 66.3 cm³/mol. The van der Waals surface area contributed by atoms with Gasteiger partial charge in [-0.25, -0.2) is 4.98 Å². The van der Waals surface area contributed by atoms with E-state index in [1.165, 1.54) is 19.4 Å². The van der Waals surface area contributed by atoms with Crippen molar-refractivity contribution in [3.05, 3.63) is 18.2 Å². The van der Waals surface area contributed by atoms with Crippen LogP contribution in [0.1, 0.15) is 32.5 Å². The maximum Gasteiger partial charge on any atom is 0.105 e. The minimum atomic E-state index is 0.615. The van der Waals surface area contributed by atoms with E-state index in [0.717, 1.165) is 24.8 Å². The summed E-state index contributed by atoms with van der Waals surface area (Å²) >= 11 is 0. The monoisotopic (exact) mass is 221 g/mol. The maximum absolute atomic E-state index is 4.22. The number of nitrogens with one attached hydrogen (secondary N) is 1. The number of rotatable bonds is 6. The summed E-state index contributed by atoms with van der Waals surface area (Å²) in [5.41, 5.74) is 0.615. The van der Waals surface area contributed by atoms with Crippen LogP contribution in [-0.2, 0) is 6.54 Å². The molecule has 0 spiro atoms. The molecule has 1 fully saturated rings. The van der Waals surface area contributed by atoms with Crippen LogP contribution < -0.4 is 5.32 Å². The summed E-state index contributed by atoms with van der Waals surface area (Å²) in [4.78, 5) is 4.22. The van der Waals surface area contributed by atoms with Crippen LogP contribution in [0.5, 0.6) is 0 Å². The van der Waals surface area contributed by atoms with Gasteiger partial charge in [0.2, 0.25) is 0 Å². The molecule has 0 radical (unpaired) electrons. The highest BCUT2D eigenvalue weighted by atomic mass is 15.1. The van der Waals surface area contributed by atoms with Crippen molar-refractivity contribution in [3.8, 4) is 0 Å². The molecule has 3 heteroatoms. The van der Waals surface area contributed by atoms with E-state index in [2.05, 4.69) is 35.6 Å². The van der Waals surface area contributed by atoms with E-state index in [9.17, 15) is 0 Å². The molecular weight excluding hydrogens is 198 g/mol. The van der Waals surface area contributed by atoms with Gasteiger partial charge in [0.1, 0.15) is 5.82 Å². The largest absolute Gasteiger partial charge is 0.334 e. The first-order chi connectivity index (χ1) is 7.64. The molecule has 1 aliphatic carbocycles. The van der Waals surface area contributed by atoms with Gasteiger partial charge < -0.3 is 9.88 Å². The van der Waals surface area contributed by atoms with Crippen molar-refractivity contribution in [3.63, 3.8) is 0 Å². The van der Waals surface area contributed by atoms with Gasteiger partial charge in [-0.05, 0) is 31.1 Å². The number of aromatic nitrogens is 2. The average molecular weight is 221 g/mol. The number of imidazole rings is 1. The smallest absolute Gasteiger partial charge is 0.105 e. The number of hydrogen-bond acceptors (Lipinski definition) is 2. The van der Waals surface area contributed by atoms with Gasteiger partial charge >= 0.3 is 0 Å². The van der Waals surface area contributed by atoms with E-state index >= 15 is 0 Å². The van der Waals surface area contributed by atoms with E-state index in [4.69, 9.17) is 0 Å². The molecule has 1 aromatic heterocycles. The molecule has 1 aromatic rings. The van der Waals surface area contributed by atoms with Crippen molar-refractivity contribution in [2.45, 2.75) is 40.2 Å². The van der Waals surface area contributed by atoms with Crippen LogP contribution in [0, 0.1) is 18.3 Å². The molecule has 3 nitrogen and oxygen atoms in total. The number of nitrogens with zero attached hydrogens (tertiary/aromatic N) is 2. The lowest BCUT2D eigenvalue weighted by Crippen LogP contribution is -2.30. The summed E-state index contributed by atoms with van der Waals surface area (Å²) in [7, 11) is 0. The quantitative estimate of drug-likeness (QED) is 0.746. The fraction of sp³-hybridized carbons (Fsp3) is 0.769. The summed E-state index contributed by atoms with van der Waals surface area (Å²) in [5.74, 6) is 1.92. The fourth-order valence-electron chi connectivity index (χ4n) is 2.30. The summed E-state index contributed by atoms with van der Waals surface area (Å²) in [6.07, 6.45) is 6.72. The summed E-state index contributed by atoms with van der Waals surface area (Å²) in [6, 6.07) is 0. The van der Waals surface area contributed by atoms with Gasteiger partial charge in [0.15, 0.2) is 0 Å².